The number of thiophene rings is 1. The van der Waals surface area contributed by atoms with Crippen molar-refractivity contribution in [2.45, 2.75) is 43.7 Å². The van der Waals surface area contributed by atoms with Crippen LogP contribution in [-0.2, 0) is 27.5 Å². The molecular formula is C16H19N3O3S3. The van der Waals surface area contributed by atoms with Crippen LogP contribution in [0.1, 0.15) is 29.1 Å². The SMILES string of the molecule is Cc1nc(SCC(=O)N[C@@H]2CCS(=O)(=O)C2)c2c3c(sc2n1)CCC3. The van der Waals surface area contributed by atoms with Crippen molar-refractivity contribution in [1.29, 1.82) is 0 Å². The summed E-state index contributed by atoms with van der Waals surface area (Å²) in [5, 5.41) is 4.82. The first kappa shape index (κ1) is 17.2. The number of aromatic nitrogens is 2. The maximum absolute atomic E-state index is 12.2. The number of amides is 1. The summed E-state index contributed by atoms with van der Waals surface area (Å²) in [6, 6.07) is -0.254. The summed E-state index contributed by atoms with van der Waals surface area (Å²) in [6.45, 7) is 1.87. The van der Waals surface area contributed by atoms with Gasteiger partial charge in [0.2, 0.25) is 5.91 Å². The molecule has 0 radical (unpaired) electrons. The predicted octanol–water partition coefficient (Wildman–Crippen LogP) is 1.88. The molecule has 9 heteroatoms. The first-order valence-corrected chi connectivity index (χ1v) is 11.9. The number of thioether (sulfide) groups is 1. The van der Waals surface area contributed by atoms with Gasteiger partial charge in [0, 0.05) is 16.3 Å². The van der Waals surface area contributed by atoms with Gasteiger partial charge in [0.15, 0.2) is 9.84 Å². The molecule has 2 aromatic rings. The van der Waals surface area contributed by atoms with E-state index in [0.29, 0.717) is 6.42 Å². The minimum absolute atomic E-state index is 0.0539. The number of sulfone groups is 1. The van der Waals surface area contributed by atoms with Crippen LogP contribution in [0.4, 0.5) is 0 Å². The highest BCUT2D eigenvalue weighted by molar-refractivity contribution is 8.00. The Morgan fingerprint density at radius 2 is 2.20 bits per heavy atom. The quantitative estimate of drug-likeness (QED) is 0.626. The van der Waals surface area contributed by atoms with Crippen molar-refractivity contribution in [2.24, 2.45) is 0 Å². The average Bonchev–Trinajstić information content (AvgIpc) is 3.18. The van der Waals surface area contributed by atoms with Crippen LogP contribution in [0.5, 0.6) is 0 Å². The second kappa shape index (κ2) is 6.51. The van der Waals surface area contributed by atoms with E-state index in [1.807, 2.05) is 6.92 Å². The van der Waals surface area contributed by atoms with Gasteiger partial charge in [-0.1, -0.05) is 11.8 Å². The van der Waals surface area contributed by atoms with Crippen molar-refractivity contribution in [3.63, 3.8) is 0 Å². The standard InChI is InChI=1S/C16H19N3O3S3/c1-9-17-15(14-11-3-2-4-12(11)24-16(14)18-9)23-7-13(20)19-10-5-6-25(21,22)8-10/h10H,2-8H2,1H3,(H,19,20)/t10-/m1/s1. The van der Waals surface area contributed by atoms with Gasteiger partial charge < -0.3 is 5.32 Å². The minimum Gasteiger partial charge on any atom is -0.352 e. The first-order valence-electron chi connectivity index (χ1n) is 8.33. The number of carbonyl (C=O) groups excluding carboxylic acids is 1. The summed E-state index contributed by atoms with van der Waals surface area (Å²) in [6.07, 6.45) is 3.84. The molecule has 1 aliphatic carbocycles. The fraction of sp³-hybridized carbons (Fsp3) is 0.562. The van der Waals surface area contributed by atoms with Crippen molar-refractivity contribution < 1.29 is 13.2 Å². The molecule has 0 bridgehead atoms. The molecule has 1 N–H and O–H groups in total. The van der Waals surface area contributed by atoms with E-state index in [9.17, 15) is 13.2 Å². The Kier molecular flexibility index (Phi) is 4.49. The van der Waals surface area contributed by atoms with E-state index in [1.165, 1.54) is 28.6 Å². The second-order valence-corrected chi connectivity index (χ2v) is 10.8. The highest BCUT2D eigenvalue weighted by atomic mass is 32.2. The molecule has 0 unspecified atom stereocenters. The van der Waals surface area contributed by atoms with Crippen LogP contribution in [0.25, 0.3) is 10.2 Å². The number of carbonyl (C=O) groups is 1. The van der Waals surface area contributed by atoms with Crippen LogP contribution in [0.15, 0.2) is 5.03 Å². The fourth-order valence-electron chi connectivity index (χ4n) is 3.48. The Labute approximate surface area is 154 Å². The maximum atomic E-state index is 12.2. The van der Waals surface area contributed by atoms with Gasteiger partial charge in [0.05, 0.1) is 17.3 Å². The second-order valence-electron chi connectivity index (χ2n) is 6.57. The van der Waals surface area contributed by atoms with E-state index < -0.39 is 9.84 Å². The highest BCUT2D eigenvalue weighted by Crippen LogP contribution is 2.40. The van der Waals surface area contributed by atoms with Crippen LogP contribution in [-0.4, -0.2) is 47.6 Å². The number of rotatable bonds is 4. The number of fused-ring (bicyclic) bond motifs is 3. The first-order chi connectivity index (χ1) is 11.9. The lowest BCUT2D eigenvalue weighted by Crippen LogP contribution is -2.36. The molecule has 1 saturated heterocycles. The summed E-state index contributed by atoms with van der Waals surface area (Å²) >= 11 is 3.16. The molecule has 1 atom stereocenters. The van der Waals surface area contributed by atoms with Crippen molar-refractivity contribution in [1.82, 2.24) is 15.3 Å². The summed E-state index contributed by atoms with van der Waals surface area (Å²) in [5.74, 6) is 1.05. The van der Waals surface area contributed by atoms with Crippen LogP contribution < -0.4 is 5.32 Å². The molecule has 6 nitrogen and oxygen atoms in total. The molecule has 0 spiro atoms. The van der Waals surface area contributed by atoms with Gasteiger partial charge in [0.1, 0.15) is 15.7 Å². The number of hydrogen-bond donors (Lipinski definition) is 1. The monoisotopic (exact) mass is 397 g/mol. The molecule has 25 heavy (non-hydrogen) atoms. The van der Waals surface area contributed by atoms with Crippen molar-refractivity contribution in [3.05, 3.63) is 16.3 Å². The molecule has 4 rings (SSSR count). The molecule has 0 saturated carbocycles. The Morgan fingerprint density at radius 3 is 2.96 bits per heavy atom. The Bertz CT molecular complexity index is 952. The third kappa shape index (κ3) is 3.54. The molecule has 1 fully saturated rings. The van der Waals surface area contributed by atoms with Gasteiger partial charge in [-0.3, -0.25) is 4.79 Å². The van der Waals surface area contributed by atoms with E-state index in [1.54, 1.807) is 11.3 Å². The molecule has 2 aromatic heterocycles. The van der Waals surface area contributed by atoms with Crippen molar-refractivity contribution in [2.75, 3.05) is 17.3 Å². The van der Waals surface area contributed by atoms with Crippen LogP contribution >= 0.6 is 23.1 Å². The Balaban J connectivity index is 1.48. The molecule has 3 heterocycles. The van der Waals surface area contributed by atoms with Gasteiger partial charge in [-0.15, -0.1) is 11.3 Å². The van der Waals surface area contributed by atoms with Gasteiger partial charge in [0.25, 0.3) is 0 Å². The maximum Gasteiger partial charge on any atom is 0.230 e. The molecule has 1 amide bonds. The van der Waals surface area contributed by atoms with E-state index >= 15 is 0 Å². The third-order valence-corrected chi connectivity index (χ3v) is 8.51. The van der Waals surface area contributed by atoms with Crippen LogP contribution in [0.3, 0.4) is 0 Å². The van der Waals surface area contributed by atoms with Crippen molar-refractivity contribution >= 4 is 49.1 Å². The number of nitrogens with zero attached hydrogens (tertiary/aromatic N) is 2. The van der Waals surface area contributed by atoms with Gasteiger partial charge in [-0.05, 0) is 38.2 Å². The zero-order valence-corrected chi connectivity index (χ0v) is 16.3. The third-order valence-electron chi connectivity index (χ3n) is 4.58. The van der Waals surface area contributed by atoms with Gasteiger partial charge in [-0.25, -0.2) is 18.4 Å². The largest absolute Gasteiger partial charge is 0.352 e. The van der Waals surface area contributed by atoms with E-state index in [4.69, 9.17) is 0 Å². The topological polar surface area (TPSA) is 89.0 Å². The zero-order valence-electron chi connectivity index (χ0n) is 13.9. The Morgan fingerprint density at radius 1 is 1.36 bits per heavy atom. The smallest absolute Gasteiger partial charge is 0.230 e. The van der Waals surface area contributed by atoms with Crippen LogP contribution in [0, 0.1) is 6.92 Å². The summed E-state index contributed by atoms with van der Waals surface area (Å²) in [7, 11) is -2.98. The predicted molar refractivity (Wildman–Crippen MR) is 100 cm³/mol. The molecule has 2 aliphatic rings. The molecule has 1 aliphatic heterocycles. The molecule has 0 aromatic carbocycles. The normalized spacial score (nSPS) is 21.6. The Hall–Kier alpha value is -1.19. The van der Waals surface area contributed by atoms with Gasteiger partial charge in [-0.2, -0.15) is 0 Å². The fourth-order valence-corrected chi connectivity index (χ4v) is 7.44. The number of nitrogens with one attached hydrogen (secondary N) is 1. The van der Waals surface area contributed by atoms with Crippen LogP contribution in [0.2, 0.25) is 0 Å². The number of aryl methyl sites for hydroxylation is 3. The average molecular weight is 398 g/mol. The van der Waals surface area contributed by atoms with E-state index in [0.717, 1.165) is 33.9 Å². The lowest BCUT2D eigenvalue weighted by atomic mass is 10.2. The van der Waals surface area contributed by atoms with E-state index in [2.05, 4.69) is 15.3 Å². The number of hydrogen-bond acceptors (Lipinski definition) is 7. The van der Waals surface area contributed by atoms with Gasteiger partial charge >= 0.3 is 0 Å². The van der Waals surface area contributed by atoms with E-state index in [-0.39, 0.29) is 29.2 Å². The van der Waals surface area contributed by atoms with Crippen molar-refractivity contribution in [3.8, 4) is 0 Å². The minimum atomic E-state index is -2.98. The molecular weight excluding hydrogens is 378 g/mol. The highest BCUT2D eigenvalue weighted by Gasteiger charge is 2.29. The lowest BCUT2D eigenvalue weighted by Gasteiger charge is -2.11. The summed E-state index contributed by atoms with van der Waals surface area (Å²) < 4.78 is 23.0. The lowest BCUT2D eigenvalue weighted by molar-refractivity contribution is -0.119. The summed E-state index contributed by atoms with van der Waals surface area (Å²) in [4.78, 5) is 23.7. The zero-order chi connectivity index (χ0) is 17.6. The summed E-state index contributed by atoms with van der Waals surface area (Å²) in [5.41, 5.74) is 1.35. The molecule has 134 valence electrons.